The summed E-state index contributed by atoms with van der Waals surface area (Å²) in [6.07, 6.45) is 4.73. The minimum Gasteiger partial charge on any atom is -0.335 e. The van der Waals surface area contributed by atoms with Gasteiger partial charge in [0.15, 0.2) is 9.84 Å². The first kappa shape index (κ1) is 19.6. The van der Waals surface area contributed by atoms with Crippen molar-refractivity contribution in [1.82, 2.24) is 10.2 Å². The van der Waals surface area contributed by atoms with Crippen LogP contribution in [0.5, 0.6) is 0 Å². The molecule has 26 heavy (non-hydrogen) atoms. The zero-order valence-corrected chi connectivity index (χ0v) is 16.7. The fourth-order valence-electron chi connectivity index (χ4n) is 4.15. The van der Waals surface area contributed by atoms with E-state index in [1.54, 1.807) is 0 Å². The number of benzene rings is 1. The summed E-state index contributed by atoms with van der Waals surface area (Å²) in [5.74, 6) is 0.297. The molecule has 1 aliphatic heterocycles. The van der Waals surface area contributed by atoms with Crippen LogP contribution in [0.1, 0.15) is 50.6 Å². The molecule has 1 N–H and O–H groups in total. The molecular formula is C19H27ClN2O3S. The molecule has 1 amide bonds. The van der Waals surface area contributed by atoms with E-state index in [0.717, 1.165) is 31.2 Å². The number of nitrogens with one attached hydrogen (secondary N) is 1. The Morgan fingerprint density at radius 3 is 2.54 bits per heavy atom. The molecule has 1 saturated carbocycles. The van der Waals surface area contributed by atoms with Gasteiger partial charge in [0, 0.05) is 23.1 Å². The van der Waals surface area contributed by atoms with Crippen molar-refractivity contribution >= 4 is 27.3 Å². The molecule has 0 aromatic heterocycles. The monoisotopic (exact) mass is 398 g/mol. The van der Waals surface area contributed by atoms with Crippen LogP contribution in [0.3, 0.4) is 0 Å². The summed E-state index contributed by atoms with van der Waals surface area (Å²) in [5, 5.41) is 3.94. The van der Waals surface area contributed by atoms with Gasteiger partial charge in [0.25, 0.3) is 0 Å². The Hall–Kier alpha value is -1.11. The normalized spacial score (nSPS) is 23.8. The molecule has 2 atom stereocenters. The van der Waals surface area contributed by atoms with Gasteiger partial charge in [0.05, 0.1) is 18.1 Å². The summed E-state index contributed by atoms with van der Waals surface area (Å²) in [6.45, 7) is 2.17. The van der Waals surface area contributed by atoms with E-state index in [4.69, 9.17) is 11.6 Å². The molecular weight excluding hydrogens is 372 g/mol. The number of nitrogens with zero attached hydrogens (tertiary/aromatic N) is 1. The fraction of sp³-hybridized carbons (Fsp3) is 0.632. The van der Waals surface area contributed by atoms with E-state index in [2.05, 4.69) is 5.32 Å². The highest BCUT2D eigenvalue weighted by Gasteiger charge is 2.38. The van der Waals surface area contributed by atoms with Crippen molar-refractivity contribution in [2.75, 3.05) is 18.1 Å². The summed E-state index contributed by atoms with van der Waals surface area (Å²) in [6, 6.07) is 7.55. The van der Waals surface area contributed by atoms with Crippen molar-refractivity contribution in [1.29, 1.82) is 0 Å². The third-order valence-electron chi connectivity index (χ3n) is 5.54. The fourth-order valence-corrected chi connectivity index (χ4v) is 6.16. The molecule has 5 nitrogen and oxygen atoms in total. The number of carbonyl (C=O) groups is 1. The van der Waals surface area contributed by atoms with E-state index < -0.39 is 9.84 Å². The van der Waals surface area contributed by atoms with E-state index >= 15 is 0 Å². The Morgan fingerprint density at radius 1 is 1.23 bits per heavy atom. The smallest absolute Gasteiger partial charge is 0.237 e. The van der Waals surface area contributed by atoms with E-state index in [-0.39, 0.29) is 42.1 Å². The number of carbonyl (C=O) groups excluding carboxylic acids is 1. The Labute approximate surface area is 161 Å². The molecule has 0 unspecified atom stereocenters. The van der Waals surface area contributed by atoms with Crippen molar-refractivity contribution in [3.8, 4) is 0 Å². The summed E-state index contributed by atoms with van der Waals surface area (Å²) in [7, 11) is -3.02. The van der Waals surface area contributed by atoms with Crippen LogP contribution >= 0.6 is 11.6 Å². The van der Waals surface area contributed by atoms with Gasteiger partial charge in [-0.2, -0.15) is 0 Å². The van der Waals surface area contributed by atoms with Crippen LogP contribution in [0.15, 0.2) is 24.3 Å². The standard InChI is InChI=1S/C19H27ClN2O3S/c1-14(17-8-4-5-9-18(17)20)21-12-19(23)22(15-6-2-3-7-15)16-10-11-26(24,25)13-16/h4-5,8-9,14-16,21H,2-3,6-7,10-13H2,1H3/t14-,16-/m0/s1. The second-order valence-corrected chi connectivity index (χ2v) is 10.1. The minimum atomic E-state index is -3.02. The van der Waals surface area contributed by atoms with Crippen molar-refractivity contribution < 1.29 is 13.2 Å². The largest absolute Gasteiger partial charge is 0.335 e. The predicted molar refractivity (Wildman–Crippen MR) is 104 cm³/mol. The third kappa shape index (κ3) is 4.59. The van der Waals surface area contributed by atoms with Gasteiger partial charge in [0.2, 0.25) is 5.91 Å². The lowest BCUT2D eigenvalue weighted by Gasteiger charge is -2.34. The maximum absolute atomic E-state index is 13.0. The van der Waals surface area contributed by atoms with Gasteiger partial charge in [-0.25, -0.2) is 8.42 Å². The summed E-state index contributed by atoms with van der Waals surface area (Å²) in [4.78, 5) is 14.9. The average molecular weight is 399 g/mol. The van der Waals surface area contributed by atoms with Gasteiger partial charge >= 0.3 is 0 Å². The number of hydrogen-bond acceptors (Lipinski definition) is 4. The first-order valence-corrected chi connectivity index (χ1v) is 11.6. The van der Waals surface area contributed by atoms with Gasteiger partial charge in [0.1, 0.15) is 0 Å². The lowest BCUT2D eigenvalue weighted by Crippen LogP contribution is -2.50. The third-order valence-corrected chi connectivity index (χ3v) is 7.63. The highest BCUT2D eigenvalue weighted by molar-refractivity contribution is 7.91. The molecule has 144 valence electrons. The molecule has 1 aromatic rings. The van der Waals surface area contributed by atoms with Gasteiger partial charge in [-0.05, 0) is 37.8 Å². The van der Waals surface area contributed by atoms with Gasteiger partial charge < -0.3 is 10.2 Å². The number of halogens is 1. The molecule has 1 aromatic carbocycles. The van der Waals surface area contributed by atoms with E-state index in [0.29, 0.717) is 11.4 Å². The molecule has 3 rings (SSSR count). The predicted octanol–water partition coefficient (Wildman–Crippen LogP) is 2.95. The minimum absolute atomic E-state index is 0.00194. The first-order chi connectivity index (χ1) is 12.4. The summed E-state index contributed by atoms with van der Waals surface area (Å²) in [5.41, 5.74) is 0.956. The second-order valence-electron chi connectivity index (χ2n) is 7.42. The first-order valence-electron chi connectivity index (χ1n) is 9.37. The van der Waals surface area contributed by atoms with Gasteiger partial charge in [-0.1, -0.05) is 42.6 Å². The molecule has 0 bridgehead atoms. The number of rotatable bonds is 6. The maximum Gasteiger partial charge on any atom is 0.237 e. The molecule has 2 fully saturated rings. The molecule has 1 saturated heterocycles. The number of sulfone groups is 1. The van der Waals surface area contributed by atoms with Gasteiger partial charge in [-0.15, -0.1) is 0 Å². The molecule has 1 heterocycles. The highest BCUT2D eigenvalue weighted by Crippen LogP contribution is 2.29. The summed E-state index contributed by atoms with van der Waals surface area (Å²) >= 11 is 6.23. The van der Waals surface area contributed by atoms with Crippen LogP contribution in [0.25, 0.3) is 0 Å². The topological polar surface area (TPSA) is 66.5 Å². The lowest BCUT2D eigenvalue weighted by molar-refractivity contribution is -0.134. The molecule has 1 aliphatic carbocycles. The SMILES string of the molecule is C[C@H](NCC(=O)N(C1CCCC1)[C@H]1CCS(=O)(=O)C1)c1ccccc1Cl. The zero-order chi connectivity index (χ0) is 18.7. The Bertz CT molecular complexity index is 747. The van der Waals surface area contributed by atoms with Crippen LogP contribution in [-0.2, 0) is 14.6 Å². The maximum atomic E-state index is 13.0. The van der Waals surface area contributed by atoms with Crippen molar-refractivity contribution in [3.63, 3.8) is 0 Å². The van der Waals surface area contributed by atoms with Crippen molar-refractivity contribution in [3.05, 3.63) is 34.9 Å². The Morgan fingerprint density at radius 2 is 1.92 bits per heavy atom. The van der Waals surface area contributed by atoms with Crippen LogP contribution in [0, 0.1) is 0 Å². The number of amides is 1. The molecule has 7 heteroatoms. The van der Waals surface area contributed by atoms with Crippen LogP contribution in [0.2, 0.25) is 5.02 Å². The van der Waals surface area contributed by atoms with Crippen molar-refractivity contribution in [2.24, 2.45) is 0 Å². The zero-order valence-electron chi connectivity index (χ0n) is 15.2. The van der Waals surface area contributed by atoms with E-state index in [1.807, 2.05) is 36.1 Å². The average Bonchev–Trinajstić information content (AvgIpc) is 3.23. The molecule has 0 spiro atoms. The van der Waals surface area contributed by atoms with Crippen LogP contribution in [-0.4, -0.2) is 49.4 Å². The Balaban J connectivity index is 1.67. The van der Waals surface area contributed by atoms with Gasteiger partial charge in [-0.3, -0.25) is 4.79 Å². The Kier molecular flexibility index (Phi) is 6.25. The quantitative estimate of drug-likeness (QED) is 0.800. The van der Waals surface area contributed by atoms with E-state index in [9.17, 15) is 13.2 Å². The lowest BCUT2D eigenvalue weighted by atomic mass is 10.1. The van der Waals surface area contributed by atoms with Crippen LogP contribution in [0.4, 0.5) is 0 Å². The van der Waals surface area contributed by atoms with Crippen molar-refractivity contribution in [2.45, 2.75) is 57.2 Å². The second kappa shape index (κ2) is 8.28. The molecule has 2 aliphatic rings. The highest BCUT2D eigenvalue weighted by atomic mass is 35.5. The summed E-state index contributed by atoms with van der Waals surface area (Å²) < 4.78 is 23.8. The molecule has 0 radical (unpaired) electrons. The van der Waals surface area contributed by atoms with E-state index in [1.165, 1.54) is 0 Å². The van der Waals surface area contributed by atoms with Crippen LogP contribution < -0.4 is 5.32 Å². The number of hydrogen-bond donors (Lipinski definition) is 1.